The molecule has 2 rings (SSSR count). The van der Waals surface area contributed by atoms with E-state index in [-0.39, 0.29) is 11.8 Å². The summed E-state index contributed by atoms with van der Waals surface area (Å²) >= 11 is 0. The maximum Gasteiger partial charge on any atom is 0.228 e. The molecule has 6 heteroatoms. The summed E-state index contributed by atoms with van der Waals surface area (Å²) in [6, 6.07) is 4.34. The van der Waals surface area contributed by atoms with E-state index in [4.69, 9.17) is 15.0 Å². The predicted octanol–water partition coefficient (Wildman–Crippen LogP) is 1.77. The van der Waals surface area contributed by atoms with Crippen LogP contribution in [0, 0.1) is 5.82 Å². The number of hydrogen-bond donors (Lipinski definition) is 1. The molecule has 1 atom stereocenters. The Morgan fingerprint density at radius 2 is 2.28 bits per heavy atom. The fourth-order valence-corrected chi connectivity index (χ4v) is 1.53. The monoisotopic (exact) mass is 251 g/mol. The highest BCUT2D eigenvalue weighted by atomic mass is 19.1. The van der Waals surface area contributed by atoms with Gasteiger partial charge in [0, 0.05) is 18.0 Å². The zero-order chi connectivity index (χ0) is 13.1. The second kappa shape index (κ2) is 5.14. The number of halogens is 1. The summed E-state index contributed by atoms with van der Waals surface area (Å²) in [6.45, 7) is 1.85. The van der Waals surface area contributed by atoms with Gasteiger partial charge in [-0.05, 0) is 25.1 Å². The Balaban J connectivity index is 2.28. The lowest BCUT2D eigenvalue weighted by atomic mass is 10.2. The van der Waals surface area contributed by atoms with E-state index >= 15 is 0 Å². The van der Waals surface area contributed by atoms with Crippen molar-refractivity contribution in [3.63, 3.8) is 0 Å². The fraction of sp³-hybridized carbons (Fsp3) is 0.333. The topological polar surface area (TPSA) is 74.2 Å². The smallest absolute Gasteiger partial charge is 0.228 e. The summed E-state index contributed by atoms with van der Waals surface area (Å²) in [4.78, 5) is 4.19. The van der Waals surface area contributed by atoms with Crippen molar-refractivity contribution < 1.29 is 13.7 Å². The predicted molar refractivity (Wildman–Crippen MR) is 63.6 cm³/mol. The standard InChI is InChI=1S/C12H14FN3O2/c1-7(14)5-11-15-12(16-18-11)8-3-4-9(13)10(6-8)17-2/h3-4,6-7H,5,14H2,1-2H3. The molecule has 0 bridgehead atoms. The first-order valence-corrected chi connectivity index (χ1v) is 5.52. The normalized spacial score (nSPS) is 12.4. The van der Waals surface area contributed by atoms with Gasteiger partial charge in [-0.3, -0.25) is 0 Å². The average Bonchev–Trinajstić information content (AvgIpc) is 2.77. The van der Waals surface area contributed by atoms with E-state index in [9.17, 15) is 4.39 Å². The number of ether oxygens (including phenoxy) is 1. The maximum atomic E-state index is 13.3. The molecule has 0 saturated carbocycles. The molecule has 0 aliphatic carbocycles. The third-order valence-electron chi connectivity index (χ3n) is 2.37. The van der Waals surface area contributed by atoms with Crippen LogP contribution in [0.4, 0.5) is 4.39 Å². The zero-order valence-corrected chi connectivity index (χ0v) is 10.2. The number of nitrogens with zero attached hydrogens (tertiary/aromatic N) is 2. The summed E-state index contributed by atoms with van der Waals surface area (Å²) in [7, 11) is 1.40. The van der Waals surface area contributed by atoms with Gasteiger partial charge in [0.15, 0.2) is 11.6 Å². The van der Waals surface area contributed by atoms with Crippen molar-refractivity contribution in [3.8, 4) is 17.1 Å². The maximum absolute atomic E-state index is 13.3. The van der Waals surface area contributed by atoms with Gasteiger partial charge in [-0.15, -0.1) is 0 Å². The third kappa shape index (κ3) is 2.65. The number of methoxy groups -OCH3 is 1. The minimum absolute atomic E-state index is 0.0546. The van der Waals surface area contributed by atoms with Crippen LogP contribution < -0.4 is 10.5 Å². The minimum atomic E-state index is -0.430. The number of benzene rings is 1. The first-order valence-electron chi connectivity index (χ1n) is 5.52. The number of rotatable bonds is 4. The van der Waals surface area contributed by atoms with Gasteiger partial charge in [0.25, 0.3) is 0 Å². The van der Waals surface area contributed by atoms with Crippen LogP contribution in [0.5, 0.6) is 5.75 Å². The molecule has 1 aromatic carbocycles. The Morgan fingerprint density at radius 3 is 2.94 bits per heavy atom. The fourth-order valence-electron chi connectivity index (χ4n) is 1.53. The summed E-state index contributed by atoms with van der Waals surface area (Å²) in [6.07, 6.45) is 0.505. The molecule has 0 aliphatic heterocycles. The molecular weight excluding hydrogens is 237 g/mol. The largest absolute Gasteiger partial charge is 0.494 e. The van der Waals surface area contributed by atoms with Crippen molar-refractivity contribution in [2.45, 2.75) is 19.4 Å². The van der Waals surface area contributed by atoms with Crippen molar-refractivity contribution in [1.29, 1.82) is 0 Å². The SMILES string of the molecule is COc1cc(-c2noc(CC(C)N)n2)ccc1F. The van der Waals surface area contributed by atoms with Crippen LogP contribution in [-0.2, 0) is 6.42 Å². The highest BCUT2D eigenvalue weighted by Crippen LogP contribution is 2.24. The molecule has 0 amide bonds. The van der Waals surface area contributed by atoms with E-state index in [0.29, 0.717) is 23.7 Å². The van der Waals surface area contributed by atoms with E-state index in [2.05, 4.69) is 10.1 Å². The Bertz CT molecular complexity index is 540. The molecule has 1 unspecified atom stereocenters. The van der Waals surface area contributed by atoms with E-state index in [1.807, 2.05) is 6.92 Å². The first kappa shape index (κ1) is 12.5. The van der Waals surface area contributed by atoms with Gasteiger partial charge in [-0.25, -0.2) is 4.39 Å². The van der Waals surface area contributed by atoms with E-state index in [0.717, 1.165) is 0 Å². The number of nitrogens with two attached hydrogens (primary N) is 1. The average molecular weight is 251 g/mol. The summed E-state index contributed by atoms with van der Waals surface area (Å²) in [5.74, 6) is 0.568. The molecule has 2 N–H and O–H groups in total. The number of aromatic nitrogens is 2. The Morgan fingerprint density at radius 1 is 1.50 bits per heavy atom. The second-order valence-electron chi connectivity index (χ2n) is 4.04. The van der Waals surface area contributed by atoms with Gasteiger partial charge < -0.3 is 15.0 Å². The molecule has 0 saturated heterocycles. The van der Waals surface area contributed by atoms with Gasteiger partial charge in [0.2, 0.25) is 11.7 Å². The van der Waals surface area contributed by atoms with Crippen molar-refractivity contribution >= 4 is 0 Å². The molecule has 2 aromatic rings. The van der Waals surface area contributed by atoms with Crippen molar-refractivity contribution in [1.82, 2.24) is 10.1 Å². The third-order valence-corrected chi connectivity index (χ3v) is 2.37. The van der Waals surface area contributed by atoms with Gasteiger partial charge in [-0.2, -0.15) is 4.98 Å². The molecule has 1 aromatic heterocycles. The Labute approximate surface area is 104 Å². The van der Waals surface area contributed by atoms with E-state index < -0.39 is 5.82 Å². The summed E-state index contributed by atoms with van der Waals surface area (Å²) in [5, 5.41) is 3.82. The van der Waals surface area contributed by atoms with Gasteiger partial charge in [0.05, 0.1) is 7.11 Å². The lowest BCUT2D eigenvalue weighted by molar-refractivity contribution is 0.371. The lowest BCUT2D eigenvalue weighted by Gasteiger charge is -2.02. The summed E-state index contributed by atoms with van der Waals surface area (Å²) < 4.78 is 23.2. The van der Waals surface area contributed by atoms with Crippen LogP contribution in [0.2, 0.25) is 0 Å². The summed E-state index contributed by atoms with van der Waals surface area (Å²) in [5.41, 5.74) is 6.27. The first-order chi connectivity index (χ1) is 8.60. The quantitative estimate of drug-likeness (QED) is 0.896. The molecule has 96 valence electrons. The molecule has 5 nitrogen and oxygen atoms in total. The van der Waals surface area contributed by atoms with Crippen LogP contribution in [0.25, 0.3) is 11.4 Å². The van der Waals surface area contributed by atoms with Gasteiger partial charge >= 0.3 is 0 Å². The molecule has 0 radical (unpaired) electrons. The molecule has 1 heterocycles. The molecule has 0 aliphatic rings. The highest BCUT2D eigenvalue weighted by Gasteiger charge is 2.12. The van der Waals surface area contributed by atoms with Crippen LogP contribution >= 0.6 is 0 Å². The van der Waals surface area contributed by atoms with Crippen LogP contribution in [0.15, 0.2) is 22.7 Å². The lowest BCUT2D eigenvalue weighted by Crippen LogP contribution is -2.17. The highest BCUT2D eigenvalue weighted by molar-refractivity contribution is 5.57. The molecule has 18 heavy (non-hydrogen) atoms. The van der Waals surface area contributed by atoms with Gasteiger partial charge in [0.1, 0.15) is 0 Å². The van der Waals surface area contributed by atoms with Crippen LogP contribution in [0.3, 0.4) is 0 Å². The van der Waals surface area contributed by atoms with Crippen molar-refractivity contribution in [2.24, 2.45) is 5.73 Å². The van der Waals surface area contributed by atoms with Crippen molar-refractivity contribution in [3.05, 3.63) is 29.9 Å². The minimum Gasteiger partial charge on any atom is -0.494 e. The zero-order valence-electron chi connectivity index (χ0n) is 10.2. The second-order valence-corrected chi connectivity index (χ2v) is 4.04. The molecule has 0 spiro atoms. The van der Waals surface area contributed by atoms with E-state index in [1.165, 1.54) is 19.2 Å². The Kier molecular flexibility index (Phi) is 3.57. The van der Waals surface area contributed by atoms with Crippen LogP contribution in [-0.4, -0.2) is 23.3 Å². The van der Waals surface area contributed by atoms with Gasteiger partial charge in [-0.1, -0.05) is 5.16 Å². The van der Waals surface area contributed by atoms with E-state index in [1.54, 1.807) is 6.07 Å². The number of hydrogen-bond acceptors (Lipinski definition) is 5. The van der Waals surface area contributed by atoms with Crippen LogP contribution in [0.1, 0.15) is 12.8 Å². The molecular formula is C12H14FN3O2. The molecule has 0 fully saturated rings. The Hall–Kier alpha value is -1.95. The van der Waals surface area contributed by atoms with Crippen molar-refractivity contribution in [2.75, 3.05) is 7.11 Å².